The van der Waals surface area contributed by atoms with E-state index in [0.29, 0.717) is 0 Å². The van der Waals surface area contributed by atoms with Gasteiger partial charge in [0.15, 0.2) is 0 Å². The standard InChI is InChI=1S/C64H48N2/c1-41-15-13-17-45(27-41)51-35-53(39-55(37-51)65-61-23-9-5-19-57(61)58-20-6-10-24-62(58)65)49-31-43(3)29-47(33-49)48-30-44(4)32-50(34-48)54-36-52(46-18-14-16-42(2)28-46)38-56(40-54)66-63-25-11-7-21-59(63)60-22-8-12-26-64(60)66/h5-40H,1-4H3. The van der Waals surface area contributed by atoms with Crippen LogP contribution in [0.25, 0.3) is 111 Å². The zero-order chi connectivity index (χ0) is 44.5. The first-order chi connectivity index (χ1) is 32.3. The van der Waals surface area contributed by atoms with Gasteiger partial charge in [0.1, 0.15) is 0 Å². The topological polar surface area (TPSA) is 9.86 Å². The molecule has 0 amide bonds. The van der Waals surface area contributed by atoms with Gasteiger partial charge in [0.05, 0.1) is 22.1 Å². The molecule has 2 heterocycles. The Kier molecular flexibility index (Phi) is 9.43. The molecule has 0 saturated carbocycles. The van der Waals surface area contributed by atoms with Crippen LogP contribution in [0, 0.1) is 27.7 Å². The largest absolute Gasteiger partial charge is 0.309 e. The summed E-state index contributed by atoms with van der Waals surface area (Å²) in [5, 5.41) is 5.04. The second-order valence-electron chi connectivity index (χ2n) is 18.2. The summed E-state index contributed by atoms with van der Waals surface area (Å²) in [6, 6.07) is 81.3. The van der Waals surface area contributed by atoms with Gasteiger partial charge in [-0.05, 0) is 167 Å². The number of aryl methyl sites for hydroxylation is 4. The number of benzene rings is 10. The number of rotatable bonds is 7. The monoisotopic (exact) mass is 844 g/mol. The Bertz CT molecular complexity index is 3510. The molecular formula is C64H48N2. The van der Waals surface area contributed by atoms with Crippen LogP contribution in [0.2, 0.25) is 0 Å². The molecule has 2 nitrogen and oxygen atoms in total. The van der Waals surface area contributed by atoms with Crippen LogP contribution >= 0.6 is 0 Å². The summed E-state index contributed by atoms with van der Waals surface area (Å²) >= 11 is 0. The van der Waals surface area contributed by atoms with Crippen LogP contribution in [-0.2, 0) is 0 Å². The lowest BCUT2D eigenvalue weighted by molar-refractivity contribution is 1.18. The minimum atomic E-state index is 1.15. The average Bonchev–Trinajstić information content (AvgIpc) is 3.86. The van der Waals surface area contributed by atoms with Crippen LogP contribution in [0.1, 0.15) is 22.3 Å². The minimum absolute atomic E-state index is 1.15. The summed E-state index contributed by atoms with van der Waals surface area (Å²) in [4.78, 5) is 0. The molecule has 12 aromatic rings. The van der Waals surface area contributed by atoms with Gasteiger partial charge in [-0.3, -0.25) is 0 Å². The molecule has 0 atom stereocenters. The third-order valence-electron chi connectivity index (χ3n) is 13.4. The summed E-state index contributed by atoms with van der Waals surface area (Å²) in [5.41, 5.74) is 24.0. The highest BCUT2D eigenvalue weighted by Crippen LogP contribution is 2.40. The molecule has 12 rings (SSSR count). The van der Waals surface area contributed by atoms with Gasteiger partial charge < -0.3 is 9.13 Å². The summed E-state index contributed by atoms with van der Waals surface area (Å²) in [6.07, 6.45) is 0. The molecule has 10 aromatic carbocycles. The van der Waals surface area contributed by atoms with E-state index in [4.69, 9.17) is 0 Å². The normalized spacial score (nSPS) is 11.6. The summed E-state index contributed by atoms with van der Waals surface area (Å²) in [5.74, 6) is 0. The molecule has 2 heteroatoms. The third-order valence-corrected chi connectivity index (χ3v) is 13.4. The number of aromatic nitrogens is 2. The molecule has 0 aliphatic heterocycles. The van der Waals surface area contributed by atoms with Crippen molar-refractivity contribution in [2.75, 3.05) is 0 Å². The summed E-state index contributed by atoms with van der Waals surface area (Å²) in [7, 11) is 0. The average molecular weight is 845 g/mol. The van der Waals surface area contributed by atoms with Gasteiger partial charge in [-0.25, -0.2) is 0 Å². The maximum absolute atomic E-state index is 2.44. The van der Waals surface area contributed by atoms with Crippen LogP contribution < -0.4 is 0 Å². The zero-order valence-corrected chi connectivity index (χ0v) is 37.7. The van der Waals surface area contributed by atoms with Crippen molar-refractivity contribution >= 4 is 43.6 Å². The first-order valence-electron chi connectivity index (χ1n) is 23.0. The van der Waals surface area contributed by atoms with E-state index in [9.17, 15) is 0 Å². The van der Waals surface area contributed by atoms with Gasteiger partial charge in [0.2, 0.25) is 0 Å². The highest BCUT2D eigenvalue weighted by atomic mass is 15.0. The predicted octanol–water partition coefficient (Wildman–Crippen LogP) is 17.4. The third kappa shape index (κ3) is 6.90. The van der Waals surface area contributed by atoms with Gasteiger partial charge in [0.25, 0.3) is 0 Å². The van der Waals surface area contributed by atoms with E-state index < -0.39 is 0 Å². The lowest BCUT2D eigenvalue weighted by Crippen LogP contribution is -1.97. The van der Waals surface area contributed by atoms with Gasteiger partial charge in [0, 0.05) is 32.9 Å². The Morgan fingerprint density at radius 2 is 0.470 bits per heavy atom. The summed E-state index contributed by atoms with van der Waals surface area (Å²) < 4.78 is 4.88. The van der Waals surface area contributed by atoms with Gasteiger partial charge in [-0.15, -0.1) is 0 Å². The molecule has 2 aromatic heterocycles. The van der Waals surface area contributed by atoms with Crippen molar-refractivity contribution in [3.8, 4) is 67.0 Å². The first-order valence-corrected chi connectivity index (χ1v) is 23.0. The Morgan fingerprint density at radius 1 is 0.212 bits per heavy atom. The second kappa shape index (κ2) is 15.8. The molecule has 0 radical (unpaired) electrons. The molecule has 0 spiro atoms. The second-order valence-corrected chi connectivity index (χ2v) is 18.2. The van der Waals surface area contributed by atoms with Crippen molar-refractivity contribution in [3.63, 3.8) is 0 Å². The molecular weight excluding hydrogens is 797 g/mol. The maximum atomic E-state index is 2.44. The van der Waals surface area contributed by atoms with Crippen molar-refractivity contribution < 1.29 is 0 Å². The Balaban J connectivity index is 1.03. The number of hydrogen-bond acceptors (Lipinski definition) is 0. The maximum Gasteiger partial charge on any atom is 0.0541 e. The fraction of sp³-hybridized carbons (Fsp3) is 0.0625. The predicted molar refractivity (Wildman–Crippen MR) is 281 cm³/mol. The van der Waals surface area contributed by atoms with Crippen molar-refractivity contribution in [3.05, 3.63) is 241 Å². The fourth-order valence-corrected chi connectivity index (χ4v) is 10.4. The first kappa shape index (κ1) is 39.4. The quantitative estimate of drug-likeness (QED) is 0.151. The Hall–Kier alpha value is -8.20. The lowest BCUT2D eigenvalue weighted by Gasteiger charge is -2.17. The van der Waals surface area contributed by atoms with E-state index in [-0.39, 0.29) is 0 Å². The molecule has 0 N–H and O–H groups in total. The van der Waals surface area contributed by atoms with E-state index in [1.807, 2.05) is 0 Å². The zero-order valence-electron chi connectivity index (χ0n) is 37.7. The molecule has 0 bridgehead atoms. The minimum Gasteiger partial charge on any atom is -0.309 e. The Labute approximate surface area is 386 Å². The van der Waals surface area contributed by atoms with E-state index >= 15 is 0 Å². The molecule has 0 saturated heterocycles. The molecule has 0 fully saturated rings. The smallest absolute Gasteiger partial charge is 0.0541 e. The highest BCUT2D eigenvalue weighted by molar-refractivity contribution is 6.10. The summed E-state index contributed by atoms with van der Waals surface area (Å²) in [6.45, 7) is 8.80. The molecule has 314 valence electrons. The molecule has 0 unspecified atom stereocenters. The number of hydrogen-bond donors (Lipinski definition) is 0. The van der Waals surface area contributed by atoms with E-state index in [1.54, 1.807) is 0 Å². The lowest BCUT2D eigenvalue weighted by atomic mass is 9.91. The van der Waals surface area contributed by atoms with Crippen LogP contribution in [0.15, 0.2) is 218 Å². The molecule has 66 heavy (non-hydrogen) atoms. The van der Waals surface area contributed by atoms with Crippen LogP contribution in [0.5, 0.6) is 0 Å². The fourth-order valence-electron chi connectivity index (χ4n) is 10.4. The van der Waals surface area contributed by atoms with Gasteiger partial charge in [-0.2, -0.15) is 0 Å². The van der Waals surface area contributed by atoms with Gasteiger partial charge in [-0.1, -0.05) is 157 Å². The number of para-hydroxylation sites is 4. The van der Waals surface area contributed by atoms with Crippen LogP contribution in [-0.4, -0.2) is 9.13 Å². The van der Waals surface area contributed by atoms with Crippen molar-refractivity contribution in [1.29, 1.82) is 0 Å². The highest BCUT2D eigenvalue weighted by Gasteiger charge is 2.18. The Morgan fingerprint density at radius 3 is 0.773 bits per heavy atom. The molecule has 0 aliphatic rings. The van der Waals surface area contributed by atoms with Crippen molar-refractivity contribution in [2.24, 2.45) is 0 Å². The van der Waals surface area contributed by atoms with Crippen molar-refractivity contribution in [2.45, 2.75) is 27.7 Å². The van der Waals surface area contributed by atoms with E-state index in [0.717, 1.165) is 11.4 Å². The number of nitrogens with zero attached hydrogens (tertiary/aromatic N) is 2. The SMILES string of the molecule is Cc1cccc(-c2cc(-c3cc(C)cc(-c4cc(C)cc(-c5cc(-c6cccc(C)c6)cc(-n6c7ccccc7c7ccccc76)c5)c4)c3)cc(-n3c4ccccc4c4ccccc43)c2)c1. The van der Waals surface area contributed by atoms with Gasteiger partial charge >= 0.3 is 0 Å². The van der Waals surface area contributed by atoms with Crippen LogP contribution in [0.3, 0.4) is 0 Å². The van der Waals surface area contributed by atoms with E-state index in [1.165, 1.54) is 122 Å². The van der Waals surface area contributed by atoms with E-state index in [2.05, 4.69) is 255 Å². The molecule has 0 aliphatic carbocycles. The van der Waals surface area contributed by atoms with Crippen LogP contribution in [0.4, 0.5) is 0 Å². The number of fused-ring (bicyclic) bond motifs is 6. The van der Waals surface area contributed by atoms with Crippen molar-refractivity contribution in [1.82, 2.24) is 9.13 Å².